The first kappa shape index (κ1) is 19.0. The summed E-state index contributed by atoms with van der Waals surface area (Å²) in [5.74, 6) is 0.138. The van der Waals surface area contributed by atoms with E-state index in [9.17, 15) is 9.18 Å². The Hall–Kier alpha value is -1.74. The van der Waals surface area contributed by atoms with Crippen molar-refractivity contribution in [2.24, 2.45) is 0 Å². The van der Waals surface area contributed by atoms with Gasteiger partial charge in [0.2, 0.25) is 5.91 Å². The van der Waals surface area contributed by atoms with Gasteiger partial charge in [-0.2, -0.15) is 0 Å². The van der Waals surface area contributed by atoms with Crippen molar-refractivity contribution in [3.05, 3.63) is 17.6 Å². The lowest BCUT2D eigenvalue weighted by atomic mass is 9.87. The summed E-state index contributed by atoms with van der Waals surface area (Å²) >= 11 is 0. The summed E-state index contributed by atoms with van der Waals surface area (Å²) in [7, 11) is -1.05. The predicted molar refractivity (Wildman–Crippen MR) is 95.7 cm³/mol. The average molecular weight is 364 g/mol. The zero-order chi connectivity index (χ0) is 19.1. The van der Waals surface area contributed by atoms with E-state index in [2.05, 4.69) is 10.3 Å². The Balaban J connectivity index is 1.67. The van der Waals surface area contributed by atoms with E-state index in [1.807, 2.05) is 39.5 Å². The van der Waals surface area contributed by atoms with Gasteiger partial charge in [-0.25, -0.2) is 9.07 Å². The molecule has 142 valence electrons. The second-order valence-electron chi connectivity index (χ2n) is 7.88. The van der Waals surface area contributed by atoms with Crippen LogP contribution in [0.4, 0.5) is 4.39 Å². The highest BCUT2D eigenvalue weighted by molar-refractivity contribution is 6.54. The minimum absolute atomic E-state index is 0.0695. The third-order valence-electron chi connectivity index (χ3n) is 5.48. The van der Waals surface area contributed by atoms with Crippen LogP contribution < -0.4 is 0 Å². The van der Waals surface area contributed by atoms with Crippen molar-refractivity contribution in [2.75, 3.05) is 13.1 Å². The van der Waals surface area contributed by atoms with Crippen LogP contribution in [0.5, 0.6) is 0 Å². The summed E-state index contributed by atoms with van der Waals surface area (Å²) in [5, 5.41) is 8.11. The van der Waals surface area contributed by atoms with Crippen LogP contribution in [0.15, 0.2) is 11.9 Å². The van der Waals surface area contributed by atoms with Gasteiger partial charge in [-0.05, 0) is 40.2 Å². The third kappa shape index (κ3) is 3.55. The Labute approximate surface area is 153 Å². The van der Waals surface area contributed by atoms with E-state index in [-0.39, 0.29) is 11.9 Å². The van der Waals surface area contributed by atoms with Crippen molar-refractivity contribution in [2.45, 2.75) is 64.7 Å². The molecule has 0 radical (unpaired) electrons. The van der Waals surface area contributed by atoms with Crippen molar-refractivity contribution in [1.82, 2.24) is 19.9 Å². The second-order valence-corrected chi connectivity index (χ2v) is 7.88. The number of nitrogens with zero attached hydrogens (tertiary/aromatic N) is 4. The van der Waals surface area contributed by atoms with Crippen LogP contribution in [-0.4, -0.2) is 57.2 Å². The molecule has 0 N–H and O–H groups in total. The zero-order valence-electron chi connectivity index (χ0n) is 16.0. The largest absolute Gasteiger partial charge is 0.525 e. The van der Waals surface area contributed by atoms with Crippen molar-refractivity contribution in [3.8, 4) is 0 Å². The highest BCUT2D eigenvalue weighted by Crippen LogP contribution is 2.39. The van der Waals surface area contributed by atoms with Crippen molar-refractivity contribution in [3.63, 3.8) is 0 Å². The van der Waals surface area contributed by atoms with Gasteiger partial charge in [0.15, 0.2) is 0 Å². The lowest BCUT2D eigenvalue weighted by molar-refractivity contribution is -0.129. The first-order valence-electron chi connectivity index (χ1n) is 9.05. The van der Waals surface area contributed by atoms with Crippen molar-refractivity contribution in [1.29, 1.82) is 0 Å². The third-order valence-corrected chi connectivity index (χ3v) is 5.48. The Kier molecular flexibility index (Phi) is 4.96. The van der Waals surface area contributed by atoms with E-state index in [0.29, 0.717) is 25.2 Å². The molecule has 0 aromatic carbocycles. The molecule has 3 heterocycles. The molecule has 2 aliphatic heterocycles. The molecule has 3 rings (SSSR count). The molecule has 0 saturated carbocycles. The maximum absolute atomic E-state index is 14.6. The fourth-order valence-corrected chi connectivity index (χ4v) is 3.11. The molecular weight excluding hydrogens is 338 g/mol. The Morgan fingerprint density at radius 1 is 1.38 bits per heavy atom. The van der Waals surface area contributed by atoms with Crippen LogP contribution in [0, 0.1) is 0 Å². The summed E-state index contributed by atoms with van der Waals surface area (Å²) in [6, 6.07) is 0.0695. The van der Waals surface area contributed by atoms with E-state index in [1.54, 1.807) is 10.9 Å². The maximum atomic E-state index is 14.6. The molecule has 1 amide bonds. The molecular formula is C17H26BFN4O3. The number of hydrogen-bond acceptors (Lipinski definition) is 5. The molecule has 2 fully saturated rings. The molecule has 7 nitrogen and oxygen atoms in total. The summed E-state index contributed by atoms with van der Waals surface area (Å²) in [6.07, 6.45) is 4.29. The molecule has 2 aliphatic rings. The summed E-state index contributed by atoms with van der Waals surface area (Å²) < 4.78 is 27.6. The van der Waals surface area contributed by atoms with E-state index in [0.717, 1.165) is 6.42 Å². The van der Waals surface area contributed by atoms with Crippen molar-refractivity contribution >= 4 is 19.1 Å². The maximum Gasteiger partial charge on any atom is 0.525 e. The SMILES string of the molecule is CCC(=O)N1CCC(n2cc(C=C(F)B3OC(C)(C)C(C)(C)O3)nn2)C1. The van der Waals surface area contributed by atoms with E-state index in [4.69, 9.17) is 9.31 Å². The van der Waals surface area contributed by atoms with E-state index in [1.165, 1.54) is 6.08 Å². The number of amides is 1. The number of hydrogen-bond donors (Lipinski definition) is 0. The molecule has 1 atom stereocenters. The molecule has 1 aromatic rings. The molecule has 0 bridgehead atoms. The first-order chi connectivity index (χ1) is 12.1. The van der Waals surface area contributed by atoms with Crippen LogP contribution in [0.3, 0.4) is 0 Å². The normalized spacial score (nSPS) is 25.2. The number of rotatable bonds is 4. The van der Waals surface area contributed by atoms with Crippen LogP contribution in [0.1, 0.15) is 59.2 Å². The number of carbonyl (C=O) groups excluding carboxylic acids is 1. The Bertz CT molecular complexity index is 703. The quantitative estimate of drug-likeness (QED) is 0.768. The minimum Gasteiger partial charge on any atom is -0.398 e. The smallest absolute Gasteiger partial charge is 0.398 e. The van der Waals surface area contributed by atoms with E-state index >= 15 is 0 Å². The first-order valence-corrected chi connectivity index (χ1v) is 9.05. The fraction of sp³-hybridized carbons (Fsp3) is 0.706. The van der Waals surface area contributed by atoms with Crippen LogP contribution >= 0.6 is 0 Å². The molecule has 0 aliphatic carbocycles. The second kappa shape index (κ2) is 6.77. The summed E-state index contributed by atoms with van der Waals surface area (Å²) in [4.78, 5) is 13.6. The lowest BCUT2D eigenvalue weighted by Gasteiger charge is -2.32. The highest BCUT2D eigenvalue weighted by Gasteiger charge is 2.53. The van der Waals surface area contributed by atoms with Crippen LogP contribution in [-0.2, 0) is 14.1 Å². The van der Waals surface area contributed by atoms with Gasteiger partial charge < -0.3 is 14.2 Å². The summed E-state index contributed by atoms with van der Waals surface area (Å²) in [6.45, 7) is 10.7. The van der Waals surface area contributed by atoms with Crippen LogP contribution in [0.25, 0.3) is 6.08 Å². The predicted octanol–water partition coefficient (Wildman–Crippen LogP) is 2.40. The lowest BCUT2D eigenvalue weighted by Crippen LogP contribution is -2.41. The number of aromatic nitrogens is 3. The van der Waals surface area contributed by atoms with Gasteiger partial charge in [0.05, 0.1) is 23.4 Å². The van der Waals surface area contributed by atoms with E-state index < -0.39 is 24.0 Å². The number of likely N-dealkylation sites (tertiary alicyclic amines) is 1. The van der Waals surface area contributed by atoms with Crippen LogP contribution in [0.2, 0.25) is 0 Å². The number of halogens is 1. The fourth-order valence-electron chi connectivity index (χ4n) is 3.11. The molecule has 2 saturated heterocycles. The monoisotopic (exact) mass is 364 g/mol. The standard InChI is InChI=1S/C17H26BFN4O3/c1-6-15(24)22-8-7-13(11-22)23-10-12(20-21-23)9-14(19)18-25-16(2,3)17(4,5)26-18/h9-10,13H,6-8,11H2,1-5H3. The molecule has 1 aromatic heterocycles. The van der Waals surface area contributed by atoms with Gasteiger partial charge in [-0.3, -0.25) is 4.79 Å². The average Bonchev–Trinajstić information content (AvgIpc) is 3.25. The minimum atomic E-state index is -1.05. The Morgan fingerprint density at radius 2 is 2.04 bits per heavy atom. The number of carbonyl (C=O) groups is 1. The van der Waals surface area contributed by atoms with Gasteiger partial charge >= 0.3 is 7.12 Å². The van der Waals surface area contributed by atoms with Gasteiger partial charge in [0, 0.05) is 19.5 Å². The zero-order valence-corrected chi connectivity index (χ0v) is 16.0. The van der Waals surface area contributed by atoms with Gasteiger partial charge in [0.1, 0.15) is 11.4 Å². The highest BCUT2D eigenvalue weighted by atomic mass is 19.1. The topological polar surface area (TPSA) is 69.5 Å². The van der Waals surface area contributed by atoms with Gasteiger partial charge in [0.25, 0.3) is 0 Å². The van der Waals surface area contributed by atoms with Crippen molar-refractivity contribution < 1.29 is 18.5 Å². The molecule has 0 spiro atoms. The van der Waals surface area contributed by atoms with Gasteiger partial charge in [-0.15, -0.1) is 5.10 Å². The molecule has 26 heavy (non-hydrogen) atoms. The molecule has 1 unspecified atom stereocenters. The Morgan fingerprint density at radius 3 is 2.65 bits per heavy atom. The molecule has 9 heteroatoms. The van der Waals surface area contributed by atoms with Gasteiger partial charge in [-0.1, -0.05) is 12.1 Å². The summed E-state index contributed by atoms with van der Waals surface area (Å²) in [5.41, 5.74) is -1.33.